The van der Waals surface area contributed by atoms with Crippen molar-refractivity contribution < 1.29 is 57.3 Å². The van der Waals surface area contributed by atoms with Crippen molar-refractivity contribution in [2.75, 3.05) is 85.9 Å². The topological polar surface area (TPSA) is 137 Å². The molecule has 12 nitrogen and oxygen atoms in total. The van der Waals surface area contributed by atoms with E-state index in [-0.39, 0.29) is 5.97 Å². The number of carbonyl (C=O) groups is 2. The molecule has 0 spiro atoms. The van der Waals surface area contributed by atoms with Crippen LogP contribution in [0.4, 0.5) is 0 Å². The number of ether oxygens (including phenoxy) is 9. The number of hydrogen-bond donors (Lipinski definition) is 1. The molecule has 12 heteroatoms. The minimum atomic E-state index is -0.991. The molecule has 49 heavy (non-hydrogen) atoms. The minimum Gasteiger partial charge on any atom is -0.464 e. The van der Waals surface area contributed by atoms with Crippen LogP contribution in [0, 0.1) is 0 Å². The van der Waals surface area contributed by atoms with E-state index in [1.54, 1.807) is 20.8 Å². The van der Waals surface area contributed by atoms with Gasteiger partial charge in [-0.15, -0.1) is 0 Å². The number of aliphatic hydroxyl groups is 1. The lowest BCUT2D eigenvalue weighted by atomic mass is 10.2. The maximum atomic E-state index is 11.3. The highest BCUT2D eigenvalue weighted by atomic mass is 16.6. The van der Waals surface area contributed by atoms with Gasteiger partial charge in [0, 0.05) is 6.61 Å². The predicted octanol–water partition coefficient (Wildman–Crippen LogP) is 4.78. The van der Waals surface area contributed by atoms with Gasteiger partial charge in [0.15, 0.2) is 6.10 Å². The third-order valence-electron chi connectivity index (χ3n) is 5.90. The summed E-state index contributed by atoms with van der Waals surface area (Å²) in [5, 5.41) is 8.48. The summed E-state index contributed by atoms with van der Waals surface area (Å²) in [6.07, 6.45) is -0.498. The van der Waals surface area contributed by atoms with Crippen LogP contribution in [0.3, 0.4) is 0 Å². The van der Waals surface area contributed by atoms with Crippen LogP contribution >= 0.6 is 0 Å². The van der Waals surface area contributed by atoms with Gasteiger partial charge in [0.1, 0.15) is 6.10 Å². The van der Waals surface area contributed by atoms with Crippen molar-refractivity contribution in [3.63, 3.8) is 0 Å². The monoisotopic (exact) mass is 696 g/mol. The van der Waals surface area contributed by atoms with E-state index in [1.165, 1.54) is 12.5 Å². The molecule has 0 fully saturated rings. The summed E-state index contributed by atoms with van der Waals surface area (Å²) in [5.41, 5.74) is 2.34. The van der Waals surface area contributed by atoms with Crippen LogP contribution in [0.2, 0.25) is 0 Å². The van der Waals surface area contributed by atoms with E-state index in [9.17, 15) is 9.59 Å². The fourth-order valence-corrected chi connectivity index (χ4v) is 3.43. The van der Waals surface area contributed by atoms with Gasteiger partial charge < -0.3 is 47.7 Å². The highest BCUT2D eigenvalue weighted by molar-refractivity contribution is 5.74. The summed E-state index contributed by atoms with van der Waals surface area (Å²) in [6.45, 7) is 16.7. The number of aliphatic hydroxyl groups excluding tert-OH is 1. The molecule has 0 aliphatic rings. The highest BCUT2D eigenvalue weighted by Crippen LogP contribution is 2.01. The number of benzene rings is 2. The molecule has 0 aliphatic heterocycles. The van der Waals surface area contributed by atoms with Crippen LogP contribution in [0.5, 0.6) is 0 Å². The lowest BCUT2D eigenvalue weighted by Crippen LogP contribution is -2.25. The lowest BCUT2D eigenvalue weighted by molar-refractivity contribution is -0.156. The van der Waals surface area contributed by atoms with Gasteiger partial charge in [-0.05, 0) is 45.2 Å². The standard InChI is InChI=1S/C18H28O6.C14H22O3.C5H10O3/c1-3-23-18(19)16(2)24-14-13-21-10-9-20-11-12-22-15-17-7-5-4-6-8-17;1-2-8-15-9-10-16-11-12-17-13-14-6-4-3-5-7-14;1-3-8-5(7)4(2)6/h4-8,16H,3,9-15H2,1-2H3;3-7H,2,8-13H2,1H3;4,6H,3H2,1-2H3/t16-;;4-/m0.0/s1. The molecule has 2 rings (SSSR count). The van der Waals surface area contributed by atoms with Gasteiger partial charge in [0.2, 0.25) is 0 Å². The average Bonchev–Trinajstić information content (AvgIpc) is 3.11. The van der Waals surface area contributed by atoms with E-state index < -0.39 is 18.2 Å². The van der Waals surface area contributed by atoms with Gasteiger partial charge in [-0.25, -0.2) is 9.59 Å². The van der Waals surface area contributed by atoms with Gasteiger partial charge in [-0.1, -0.05) is 67.6 Å². The van der Waals surface area contributed by atoms with Crippen molar-refractivity contribution in [2.24, 2.45) is 0 Å². The Balaban J connectivity index is 0.000000798. The first kappa shape index (κ1) is 46.1. The maximum Gasteiger partial charge on any atom is 0.334 e. The Labute approximate surface area is 293 Å². The molecule has 280 valence electrons. The summed E-state index contributed by atoms with van der Waals surface area (Å²) in [5.74, 6) is -0.913. The Morgan fingerprint density at radius 2 is 0.898 bits per heavy atom. The van der Waals surface area contributed by atoms with E-state index in [0.717, 1.165) is 18.6 Å². The van der Waals surface area contributed by atoms with E-state index >= 15 is 0 Å². The first-order chi connectivity index (χ1) is 23.8. The summed E-state index contributed by atoms with van der Waals surface area (Å²) in [7, 11) is 0. The molecule has 0 heterocycles. The molecule has 0 bridgehead atoms. The van der Waals surface area contributed by atoms with Crippen LogP contribution in [0.15, 0.2) is 60.7 Å². The number of rotatable bonds is 26. The SMILES string of the molecule is CCCOCCOCCOCc1ccccc1.CCOC(=O)[C@H](C)O.CCOC(=O)[C@H](C)OCCOCCOCCOCc1ccccc1. The Morgan fingerprint density at radius 1 is 0.531 bits per heavy atom. The van der Waals surface area contributed by atoms with E-state index in [1.807, 2.05) is 48.5 Å². The first-order valence-corrected chi connectivity index (χ1v) is 17.0. The van der Waals surface area contributed by atoms with E-state index in [2.05, 4.69) is 23.8 Å². The van der Waals surface area contributed by atoms with Crippen LogP contribution in [0.25, 0.3) is 0 Å². The Morgan fingerprint density at radius 3 is 1.27 bits per heavy atom. The smallest absolute Gasteiger partial charge is 0.334 e. The fraction of sp³-hybridized carbons (Fsp3) is 0.622. The Bertz CT molecular complexity index is 991. The van der Waals surface area contributed by atoms with Crippen LogP contribution < -0.4 is 0 Å². The molecule has 2 atom stereocenters. The minimum absolute atomic E-state index is 0.323. The molecular formula is C37H60O12. The molecule has 1 N–H and O–H groups in total. The van der Waals surface area contributed by atoms with Crippen LogP contribution in [-0.4, -0.2) is 115 Å². The summed E-state index contributed by atoms with van der Waals surface area (Å²) in [4.78, 5) is 21.6. The van der Waals surface area contributed by atoms with Crippen molar-refractivity contribution in [3.05, 3.63) is 71.8 Å². The van der Waals surface area contributed by atoms with Gasteiger partial charge in [-0.2, -0.15) is 0 Å². The molecule has 0 amide bonds. The van der Waals surface area contributed by atoms with E-state index in [0.29, 0.717) is 92.5 Å². The second-order valence-corrected chi connectivity index (χ2v) is 10.2. The molecule has 0 saturated heterocycles. The van der Waals surface area contributed by atoms with Crippen molar-refractivity contribution >= 4 is 11.9 Å². The highest BCUT2D eigenvalue weighted by Gasteiger charge is 2.13. The Hall–Kier alpha value is -2.94. The molecule has 0 radical (unpaired) electrons. The molecule has 0 unspecified atom stereocenters. The number of esters is 2. The van der Waals surface area contributed by atoms with Crippen molar-refractivity contribution in [1.82, 2.24) is 0 Å². The lowest BCUT2D eigenvalue weighted by Gasteiger charge is -2.12. The van der Waals surface area contributed by atoms with Gasteiger partial charge in [-0.3, -0.25) is 0 Å². The van der Waals surface area contributed by atoms with Crippen molar-refractivity contribution in [1.29, 1.82) is 0 Å². The van der Waals surface area contributed by atoms with Crippen molar-refractivity contribution in [3.8, 4) is 0 Å². The van der Waals surface area contributed by atoms with Crippen LogP contribution in [0.1, 0.15) is 52.2 Å². The van der Waals surface area contributed by atoms with Gasteiger partial charge in [0.05, 0.1) is 92.5 Å². The molecule has 2 aromatic carbocycles. The molecule has 0 aromatic heterocycles. The third-order valence-corrected chi connectivity index (χ3v) is 5.90. The van der Waals surface area contributed by atoms with Crippen LogP contribution in [-0.2, 0) is 65.4 Å². The van der Waals surface area contributed by atoms with E-state index in [4.69, 9.17) is 43.0 Å². The largest absolute Gasteiger partial charge is 0.464 e. The summed E-state index contributed by atoms with van der Waals surface area (Å²) >= 11 is 0. The first-order valence-electron chi connectivity index (χ1n) is 17.0. The average molecular weight is 697 g/mol. The zero-order valence-electron chi connectivity index (χ0n) is 30.2. The van der Waals surface area contributed by atoms with Crippen molar-refractivity contribution in [2.45, 2.75) is 66.5 Å². The zero-order chi connectivity index (χ0) is 36.2. The normalized spacial score (nSPS) is 11.7. The predicted molar refractivity (Wildman–Crippen MR) is 186 cm³/mol. The van der Waals surface area contributed by atoms with Gasteiger partial charge >= 0.3 is 11.9 Å². The summed E-state index contributed by atoms with van der Waals surface area (Å²) < 4.78 is 47.0. The summed E-state index contributed by atoms with van der Waals surface area (Å²) in [6, 6.07) is 20.2. The second kappa shape index (κ2) is 34.9. The van der Waals surface area contributed by atoms with Gasteiger partial charge in [0.25, 0.3) is 0 Å². The molecule has 0 aliphatic carbocycles. The molecular weight excluding hydrogens is 636 g/mol. The second-order valence-electron chi connectivity index (χ2n) is 10.2. The number of carbonyl (C=O) groups excluding carboxylic acids is 2. The quantitative estimate of drug-likeness (QED) is 0.107. The molecule has 2 aromatic rings. The third kappa shape index (κ3) is 30.8. The maximum absolute atomic E-state index is 11.3. The zero-order valence-corrected chi connectivity index (χ0v) is 30.2. The Kier molecular flexibility index (Phi) is 32.8. The molecule has 0 saturated carbocycles. The fourth-order valence-electron chi connectivity index (χ4n) is 3.43. The number of hydrogen-bond acceptors (Lipinski definition) is 12.